The van der Waals surface area contributed by atoms with Crippen molar-refractivity contribution in [3.63, 3.8) is 0 Å². The lowest BCUT2D eigenvalue weighted by Gasteiger charge is -2.54. The van der Waals surface area contributed by atoms with Gasteiger partial charge in [0.25, 0.3) is 0 Å². The van der Waals surface area contributed by atoms with Crippen LogP contribution < -0.4 is 5.32 Å². The summed E-state index contributed by atoms with van der Waals surface area (Å²) in [6, 6.07) is 8.15. The molecule has 2 unspecified atom stereocenters. The molecular weight excluding hydrogens is 265 g/mol. The van der Waals surface area contributed by atoms with E-state index in [0.29, 0.717) is 24.1 Å². The van der Waals surface area contributed by atoms with E-state index in [0.717, 1.165) is 25.9 Å². The monoisotopic (exact) mass is 291 g/mol. The van der Waals surface area contributed by atoms with Crippen molar-refractivity contribution in [2.24, 2.45) is 5.41 Å². The van der Waals surface area contributed by atoms with Gasteiger partial charge in [0.1, 0.15) is 5.82 Å². The van der Waals surface area contributed by atoms with Crippen molar-refractivity contribution in [2.75, 3.05) is 6.61 Å². The van der Waals surface area contributed by atoms with Gasteiger partial charge in [0.15, 0.2) is 0 Å². The summed E-state index contributed by atoms with van der Waals surface area (Å²) in [5, 5.41) is 3.79. The molecule has 0 aromatic heterocycles. The van der Waals surface area contributed by atoms with Crippen LogP contribution in [0.1, 0.15) is 51.5 Å². The molecule has 0 aliphatic heterocycles. The smallest absolute Gasteiger partial charge is 0.123 e. The van der Waals surface area contributed by atoms with E-state index in [1.807, 2.05) is 12.1 Å². The van der Waals surface area contributed by atoms with E-state index in [4.69, 9.17) is 4.74 Å². The predicted octanol–water partition coefficient (Wildman–Crippen LogP) is 3.86. The second-order valence-corrected chi connectivity index (χ2v) is 7.14. The molecule has 2 saturated carbocycles. The summed E-state index contributed by atoms with van der Waals surface area (Å²) in [6.07, 6.45) is 3.85. The van der Waals surface area contributed by atoms with Crippen LogP contribution in [0.5, 0.6) is 0 Å². The summed E-state index contributed by atoms with van der Waals surface area (Å²) in [5.41, 5.74) is 1.51. The normalized spacial score (nSPS) is 34.1. The maximum absolute atomic E-state index is 12.9. The third kappa shape index (κ3) is 2.86. The van der Waals surface area contributed by atoms with E-state index in [9.17, 15) is 4.39 Å². The van der Waals surface area contributed by atoms with Crippen LogP contribution in [0, 0.1) is 11.2 Å². The molecule has 3 heteroatoms. The number of rotatable bonds is 5. The van der Waals surface area contributed by atoms with Crippen molar-refractivity contribution in [3.05, 3.63) is 35.6 Å². The van der Waals surface area contributed by atoms with Crippen LogP contribution in [0.3, 0.4) is 0 Å². The molecule has 2 aliphatic rings. The van der Waals surface area contributed by atoms with Gasteiger partial charge in [-0.05, 0) is 49.8 Å². The van der Waals surface area contributed by atoms with Gasteiger partial charge in [-0.15, -0.1) is 0 Å². The van der Waals surface area contributed by atoms with E-state index in [1.165, 1.54) is 5.56 Å². The molecule has 2 aliphatic carbocycles. The number of hydrogen-bond donors (Lipinski definition) is 1. The lowest BCUT2D eigenvalue weighted by Crippen LogP contribution is -2.64. The van der Waals surface area contributed by atoms with Gasteiger partial charge in [-0.1, -0.05) is 26.0 Å². The zero-order valence-corrected chi connectivity index (χ0v) is 13.2. The van der Waals surface area contributed by atoms with Crippen molar-refractivity contribution >= 4 is 0 Å². The SMILES string of the molecule is CCOC1CC(NC2CC(c3ccc(F)cc3)C2)C1(C)C. The molecule has 21 heavy (non-hydrogen) atoms. The largest absolute Gasteiger partial charge is 0.378 e. The number of halogens is 1. The standard InChI is InChI=1S/C18H26FNO/c1-4-21-17-11-16(18(17,2)3)20-15-9-13(10-15)12-5-7-14(19)8-6-12/h5-8,13,15-17,20H,4,9-11H2,1-3H3. The second kappa shape index (κ2) is 5.69. The Morgan fingerprint density at radius 2 is 1.86 bits per heavy atom. The lowest BCUT2D eigenvalue weighted by atomic mass is 9.63. The van der Waals surface area contributed by atoms with Crippen LogP contribution in [0.2, 0.25) is 0 Å². The summed E-state index contributed by atoms with van der Waals surface area (Å²) >= 11 is 0. The third-order valence-electron chi connectivity index (χ3n) is 5.46. The number of hydrogen-bond acceptors (Lipinski definition) is 2. The van der Waals surface area contributed by atoms with E-state index in [2.05, 4.69) is 26.1 Å². The Morgan fingerprint density at radius 3 is 2.43 bits per heavy atom. The molecular formula is C18H26FNO. The minimum absolute atomic E-state index is 0.147. The molecule has 3 rings (SSSR count). The van der Waals surface area contributed by atoms with Gasteiger partial charge in [-0.3, -0.25) is 0 Å². The van der Waals surface area contributed by atoms with Crippen molar-refractivity contribution in [3.8, 4) is 0 Å². The molecule has 2 atom stereocenters. The van der Waals surface area contributed by atoms with Gasteiger partial charge in [-0.2, -0.15) is 0 Å². The summed E-state index contributed by atoms with van der Waals surface area (Å²) in [4.78, 5) is 0. The molecule has 1 N–H and O–H groups in total. The second-order valence-electron chi connectivity index (χ2n) is 7.14. The Balaban J connectivity index is 1.46. The molecule has 0 heterocycles. The van der Waals surface area contributed by atoms with Crippen LogP contribution in [0.4, 0.5) is 4.39 Å². The Labute approximate surface area is 127 Å². The molecule has 0 amide bonds. The average Bonchev–Trinajstić information content (AvgIpc) is 2.41. The Hall–Kier alpha value is -0.930. The van der Waals surface area contributed by atoms with Gasteiger partial charge in [0.05, 0.1) is 6.10 Å². The quantitative estimate of drug-likeness (QED) is 0.889. The lowest BCUT2D eigenvalue weighted by molar-refractivity contribution is -0.118. The van der Waals surface area contributed by atoms with Gasteiger partial charge in [0, 0.05) is 24.1 Å². The van der Waals surface area contributed by atoms with Gasteiger partial charge < -0.3 is 10.1 Å². The number of ether oxygens (including phenoxy) is 1. The fourth-order valence-corrected chi connectivity index (χ4v) is 3.70. The minimum Gasteiger partial charge on any atom is -0.378 e. The van der Waals surface area contributed by atoms with Crippen molar-refractivity contribution < 1.29 is 9.13 Å². The highest BCUT2D eigenvalue weighted by atomic mass is 19.1. The maximum Gasteiger partial charge on any atom is 0.123 e. The first-order valence-electron chi connectivity index (χ1n) is 8.13. The third-order valence-corrected chi connectivity index (χ3v) is 5.46. The van der Waals surface area contributed by atoms with E-state index < -0.39 is 0 Å². The van der Waals surface area contributed by atoms with Crippen molar-refractivity contribution in [1.82, 2.24) is 5.32 Å². The molecule has 0 spiro atoms. The molecule has 0 bridgehead atoms. The molecule has 0 saturated heterocycles. The number of nitrogens with one attached hydrogen (secondary N) is 1. The van der Waals surface area contributed by atoms with E-state index in [-0.39, 0.29) is 11.2 Å². The summed E-state index contributed by atoms with van der Waals surface area (Å²) < 4.78 is 18.7. The molecule has 1 aromatic carbocycles. The first-order chi connectivity index (χ1) is 10.0. The van der Waals surface area contributed by atoms with Crippen LogP contribution >= 0.6 is 0 Å². The fourth-order valence-electron chi connectivity index (χ4n) is 3.70. The van der Waals surface area contributed by atoms with Crippen LogP contribution in [-0.2, 0) is 4.74 Å². The molecule has 0 radical (unpaired) electrons. The zero-order chi connectivity index (χ0) is 15.0. The van der Waals surface area contributed by atoms with Crippen LogP contribution in [0.25, 0.3) is 0 Å². The molecule has 116 valence electrons. The molecule has 2 fully saturated rings. The minimum atomic E-state index is -0.147. The van der Waals surface area contributed by atoms with Gasteiger partial charge in [-0.25, -0.2) is 4.39 Å². The van der Waals surface area contributed by atoms with Crippen molar-refractivity contribution in [2.45, 2.75) is 64.1 Å². The number of benzene rings is 1. The summed E-state index contributed by atoms with van der Waals surface area (Å²) in [7, 11) is 0. The average molecular weight is 291 g/mol. The first kappa shape index (κ1) is 15.0. The highest BCUT2D eigenvalue weighted by molar-refractivity contribution is 5.24. The van der Waals surface area contributed by atoms with Gasteiger partial charge in [0.2, 0.25) is 0 Å². The summed E-state index contributed by atoms with van der Waals surface area (Å²) in [6.45, 7) is 7.46. The van der Waals surface area contributed by atoms with Crippen molar-refractivity contribution in [1.29, 1.82) is 0 Å². The highest BCUT2D eigenvalue weighted by Gasteiger charge is 2.50. The fraction of sp³-hybridized carbons (Fsp3) is 0.667. The first-order valence-corrected chi connectivity index (χ1v) is 8.13. The molecule has 1 aromatic rings. The Bertz CT molecular complexity index is 478. The Kier molecular flexibility index (Phi) is 4.06. The van der Waals surface area contributed by atoms with E-state index in [1.54, 1.807) is 12.1 Å². The van der Waals surface area contributed by atoms with Gasteiger partial charge >= 0.3 is 0 Å². The topological polar surface area (TPSA) is 21.3 Å². The van der Waals surface area contributed by atoms with E-state index >= 15 is 0 Å². The Morgan fingerprint density at radius 1 is 1.19 bits per heavy atom. The summed E-state index contributed by atoms with van der Waals surface area (Å²) in [5.74, 6) is 0.444. The molecule has 2 nitrogen and oxygen atoms in total. The maximum atomic E-state index is 12.9. The highest BCUT2D eigenvalue weighted by Crippen LogP contribution is 2.45. The predicted molar refractivity (Wildman–Crippen MR) is 82.9 cm³/mol. The zero-order valence-electron chi connectivity index (χ0n) is 13.2. The van der Waals surface area contributed by atoms with Crippen LogP contribution in [0.15, 0.2) is 24.3 Å². The van der Waals surface area contributed by atoms with Crippen LogP contribution in [-0.4, -0.2) is 24.8 Å².